The molecule has 2 spiro atoms. The quantitative estimate of drug-likeness (QED) is 0.152. The summed E-state index contributed by atoms with van der Waals surface area (Å²) >= 11 is 0. The molecule has 2 amide bonds. The molecule has 3 saturated carbocycles. The number of benzene rings is 3. The normalized spacial score (nSPS) is 35.1. The molecule has 3 aromatic rings. The summed E-state index contributed by atoms with van der Waals surface area (Å²) in [7, 11) is 1.62. The lowest BCUT2D eigenvalue weighted by molar-refractivity contribution is -0.174. The van der Waals surface area contributed by atoms with E-state index in [2.05, 4.69) is 56.4 Å². The van der Waals surface area contributed by atoms with Crippen LogP contribution in [0.25, 0.3) is 11.1 Å². The van der Waals surface area contributed by atoms with Crippen molar-refractivity contribution in [2.75, 3.05) is 25.5 Å². The van der Waals surface area contributed by atoms with Crippen molar-refractivity contribution in [2.24, 2.45) is 33.5 Å². The van der Waals surface area contributed by atoms with Crippen LogP contribution in [-0.4, -0.2) is 58.8 Å². The van der Waals surface area contributed by atoms with Crippen molar-refractivity contribution in [1.82, 2.24) is 4.90 Å². The van der Waals surface area contributed by atoms with Crippen LogP contribution in [0.3, 0.4) is 0 Å². The molecular formula is C46H54N2O5. The molecule has 6 aliphatic rings. The number of Topliss-reactive ketones (excluding diaryl/α,β-unsaturated/α-hetero) is 1. The molecule has 7 nitrogen and oxygen atoms in total. The van der Waals surface area contributed by atoms with Crippen LogP contribution in [0.4, 0.5) is 10.5 Å². The van der Waals surface area contributed by atoms with Crippen molar-refractivity contribution >= 4 is 17.5 Å². The minimum Gasteiger partial charge on any atom is -0.497 e. The first-order chi connectivity index (χ1) is 25.4. The smallest absolute Gasteiger partial charge is 0.321 e. The number of aliphatic hydroxyl groups is 2. The van der Waals surface area contributed by atoms with Gasteiger partial charge in [-0.15, -0.1) is 0 Å². The molecule has 2 bridgehead atoms. The van der Waals surface area contributed by atoms with E-state index in [1.54, 1.807) is 12.0 Å². The van der Waals surface area contributed by atoms with Gasteiger partial charge >= 0.3 is 6.03 Å². The van der Waals surface area contributed by atoms with Crippen LogP contribution in [-0.2, 0) is 0 Å². The summed E-state index contributed by atoms with van der Waals surface area (Å²) in [5.41, 5.74) is 1.30. The van der Waals surface area contributed by atoms with Gasteiger partial charge in [0.05, 0.1) is 25.4 Å². The van der Waals surface area contributed by atoms with E-state index in [9.17, 15) is 15.0 Å². The second-order valence-corrected chi connectivity index (χ2v) is 17.1. The number of fused-ring (bicyclic) bond motifs is 1. The third-order valence-corrected chi connectivity index (χ3v) is 14.8. The van der Waals surface area contributed by atoms with Gasteiger partial charge < -0.3 is 25.2 Å². The van der Waals surface area contributed by atoms with Crippen LogP contribution in [0.1, 0.15) is 82.5 Å². The van der Waals surface area contributed by atoms with Crippen LogP contribution in [0.15, 0.2) is 103 Å². The average Bonchev–Trinajstić information content (AvgIpc) is 3.44. The van der Waals surface area contributed by atoms with Crippen molar-refractivity contribution in [3.63, 3.8) is 0 Å². The Morgan fingerprint density at radius 2 is 1.55 bits per heavy atom. The molecule has 1 unspecified atom stereocenters. The molecule has 3 N–H and O–H groups in total. The fourth-order valence-electron chi connectivity index (χ4n) is 12.0. The van der Waals surface area contributed by atoms with E-state index in [-0.39, 0.29) is 35.6 Å². The maximum atomic E-state index is 15.4. The van der Waals surface area contributed by atoms with Crippen molar-refractivity contribution in [3.8, 4) is 16.9 Å². The Labute approximate surface area is 314 Å². The number of amides is 2. The number of urea groups is 1. The van der Waals surface area contributed by atoms with Gasteiger partial charge in [-0.05, 0) is 104 Å². The number of anilines is 1. The maximum Gasteiger partial charge on any atom is 0.321 e. The maximum absolute atomic E-state index is 15.4. The standard InChI is InChI=1S/C46H54N2O5/c1-5-27-48(41(51)47-32-15-17-34(53-4)18-16-32)30-45(52)24-21-39-43(45,3)23-20-38-42(2)22-19-33(49)28-44(42)25-26-46(38,39)37(29-44)40(50)36-14-10-9-13-35(36)31-11-7-6-8-12-31/h6-18,25-26,29,33,38-39,49,52H,5,19-24,27-28,30H2,1-4H3,(H,47,51)/t33?,38-,39-,42-,43+,44+,45-,46-/m1/s1. The monoisotopic (exact) mass is 714 g/mol. The highest BCUT2D eigenvalue weighted by atomic mass is 16.5. The third kappa shape index (κ3) is 5.28. The predicted molar refractivity (Wildman–Crippen MR) is 209 cm³/mol. The lowest BCUT2D eigenvalue weighted by atomic mass is 9.32. The Morgan fingerprint density at radius 1 is 0.868 bits per heavy atom. The summed E-state index contributed by atoms with van der Waals surface area (Å²) in [6.07, 6.45) is 12.6. The van der Waals surface area contributed by atoms with Crippen LogP contribution < -0.4 is 10.1 Å². The molecule has 6 aliphatic carbocycles. The van der Waals surface area contributed by atoms with E-state index < -0.39 is 27.9 Å². The number of aliphatic hydroxyl groups excluding tert-OH is 1. The summed E-state index contributed by atoms with van der Waals surface area (Å²) < 4.78 is 5.30. The summed E-state index contributed by atoms with van der Waals surface area (Å²) in [6.45, 7) is 7.44. The summed E-state index contributed by atoms with van der Waals surface area (Å²) in [4.78, 5) is 31.1. The van der Waals surface area contributed by atoms with Crippen molar-refractivity contribution in [3.05, 3.63) is 108 Å². The number of allylic oxidation sites excluding steroid dienone is 4. The van der Waals surface area contributed by atoms with Gasteiger partial charge in [0.25, 0.3) is 0 Å². The Bertz CT molecular complexity index is 1960. The molecule has 0 radical (unpaired) electrons. The number of nitrogens with zero attached hydrogens (tertiary/aromatic N) is 1. The average molecular weight is 715 g/mol. The number of ether oxygens (including phenoxy) is 1. The van der Waals surface area contributed by atoms with Gasteiger partial charge in [-0.1, -0.05) is 93.6 Å². The lowest BCUT2D eigenvalue weighted by Crippen LogP contribution is -2.67. The van der Waals surface area contributed by atoms with Crippen molar-refractivity contribution in [2.45, 2.75) is 83.8 Å². The summed E-state index contributed by atoms with van der Waals surface area (Å²) in [6, 6.07) is 25.2. The number of carbonyl (C=O) groups excluding carboxylic acids is 2. The first-order valence-electron chi connectivity index (χ1n) is 19.7. The summed E-state index contributed by atoms with van der Waals surface area (Å²) in [5, 5.41) is 27.2. The van der Waals surface area contributed by atoms with Crippen LogP contribution >= 0.6 is 0 Å². The highest BCUT2D eigenvalue weighted by Gasteiger charge is 2.74. The molecule has 0 heterocycles. The van der Waals surface area contributed by atoms with Gasteiger partial charge in [0.1, 0.15) is 5.75 Å². The number of hydrogen-bond acceptors (Lipinski definition) is 5. The second-order valence-electron chi connectivity index (χ2n) is 17.1. The molecule has 53 heavy (non-hydrogen) atoms. The molecule has 0 saturated heterocycles. The number of ketones is 1. The number of rotatable bonds is 9. The van der Waals surface area contributed by atoms with Crippen LogP contribution in [0.2, 0.25) is 0 Å². The summed E-state index contributed by atoms with van der Waals surface area (Å²) in [5.74, 6) is 0.939. The van der Waals surface area contributed by atoms with Crippen LogP contribution in [0.5, 0.6) is 5.75 Å². The van der Waals surface area contributed by atoms with Crippen molar-refractivity contribution in [1.29, 1.82) is 0 Å². The minimum absolute atomic E-state index is 0.0100. The fourth-order valence-corrected chi connectivity index (χ4v) is 12.0. The van der Waals surface area contributed by atoms with E-state index >= 15 is 4.79 Å². The molecule has 8 atom stereocenters. The number of nitrogens with one attached hydrogen (secondary N) is 1. The zero-order valence-corrected chi connectivity index (χ0v) is 31.6. The Hall–Kier alpha value is -4.20. The van der Waals surface area contributed by atoms with E-state index in [1.807, 2.05) is 66.7 Å². The van der Waals surface area contributed by atoms with Crippen molar-refractivity contribution < 1.29 is 24.5 Å². The first-order valence-corrected chi connectivity index (χ1v) is 19.7. The second kappa shape index (κ2) is 13.0. The zero-order valence-electron chi connectivity index (χ0n) is 31.6. The van der Waals surface area contributed by atoms with E-state index in [4.69, 9.17) is 4.74 Å². The Morgan fingerprint density at radius 3 is 2.28 bits per heavy atom. The van der Waals surface area contributed by atoms with E-state index in [0.29, 0.717) is 36.4 Å². The largest absolute Gasteiger partial charge is 0.497 e. The highest BCUT2D eigenvalue weighted by molar-refractivity contribution is 6.14. The van der Waals surface area contributed by atoms with Gasteiger partial charge in [-0.2, -0.15) is 0 Å². The van der Waals surface area contributed by atoms with Gasteiger partial charge in [-0.25, -0.2) is 4.79 Å². The highest BCUT2D eigenvalue weighted by Crippen LogP contribution is 2.78. The molecule has 3 fully saturated rings. The molecule has 0 aromatic heterocycles. The zero-order chi connectivity index (χ0) is 37.2. The first kappa shape index (κ1) is 35.8. The molecule has 0 aliphatic heterocycles. The van der Waals surface area contributed by atoms with Gasteiger partial charge in [0, 0.05) is 39.6 Å². The van der Waals surface area contributed by atoms with E-state index in [0.717, 1.165) is 55.2 Å². The Balaban J connectivity index is 1.19. The minimum atomic E-state index is -1.15. The molecule has 9 rings (SSSR count). The van der Waals surface area contributed by atoms with Gasteiger partial charge in [-0.3, -0.25) is 4.79 Å². The molecule has 7 heteroatoms. The SMILES string of the molecule is CCCN(C[C@]1(O)CC[C@H]2[C@]34C=C[C@@]5(C=C3C(=O)c3ccccc3-c3ccccc3)CC(O)CC[C@]5(C)[C@H]4CC[C@@]21C)C(=O)Nc1ccc(OC)cc1. The lowest BCUT2D eigenvalue weighted by Gasteiger charge is -2.71. The number of methoxy groups -OCH3 is 1. The van der Waals surface area contributed by atoms with E-state index in [1.165, 1.54) is 0 Å². The Kier molecular flexibility index (Phi) is 8.77. The third-order valence-electron chi connectivity index (χ3n) is 14.8. The number of carbonyl (C=O) groups is 2. The fraction of sp³-hybridized carbons (Fsp3) is 0.478. The molecule has 278 valence electrons. The molecule has 3 aromatic carbocycles. The molecular weight excluding hydrogens is 661 g/mol. The van der Waals surface area contributed by atoms with Gasteiger partial charge in [0.15, 0.2) is 5.78 Å². The number of hydrogen-bond donors (Lipinski definition) is 3. The topological polar surface area (TPSA) is 99.1 Å². The predicted octanol–water partition coefficient (Wildman–Crippen LogP) is 9.08. The van der Waals surface area contributed by atoms with Gasteiger partial charge in [0.2, 0.25) is 0 Å². The van der Waals surface area contributed by atoms with Crippen LogP contribution in [0, 0.1) is 33.5 Å².